The van der Waals surface area contributed by atoms with Crippen molar-refractivity contribution in [2.45, 2.75) is 119 Å². The molecule has 0 bridgehead atoms. The number of esters is 3. The molecular formula is C49H68N4O6S. The van der Waals surface area contributed by atoms with Crippen molar-refractivity contribution in [1.82, 2.24) is 4.41 Å². The van der Waals surface area contributed by atoms with Crippen LogP contribution >= 0.6 is 11.9 Å². The summed E-state index contributed by atoms with van der Waals surface area (Å²) in [5.74, 6) is 0.160. The molecule has 3 aromatic carbocycles. The van der Waals surface area contributed by atoms with Crippen molar-refractivity contribution < 1.29 is 28.6 Å². The van der Waals surface area contributed by atoms with Gasteiger partial charge in [0.15, 0.2) is 0 Å². The number of allylic oxidation sites excluding steroid dienone is 1. The van der Waals surface area contributed by atoms with Crippen LogP contribution in [-0.4, -0.2) is 42.1 Å². The number of hydrogen-bond donors (Lipinski definition) is 3. The van der Waals surface area contributed by atoms with Crippen LogP contribution in [0.3, 0.4) is 0 Å². The maximum atomic E-state index is 12.9. The average Bonchev–Trinajstić information content (AvgIpc) is 3.27. The molecule has 0 aliphatic carbocycles. The van der Waals surface area contributed by atoms with E-state index in [2.05, 4.69) is 57.6 Å². The van der Waals surface area contributed by atoms with E-state index in [9.17, 15) is 14.4 Å². The van der Waals surface area contributed by atoms with Crippen molar-refractivity contribution in [2.24, 2.45) is 17.8 Å². The molecule has 0 aromatic heterocycles. The first kappa shape index (κ1) is 47.8. The number of anilines is 3. The molecule has 3 N–H and O–H groups in total. The van der Waals surface area contributed by atoms with E-state index in [1.807, 2.05) is 53.1 Å². The third-order valence-electron chi connectivity index (χ3n) is 10.9. The molecule has 0 saturated heterocycles. The lowest BCUT2D eigenvalue weighted by Crippen LogP contribution is -2.23. The van der Waals surface area contributed by atoms with Crippen molar-refractivity contribution in [3.63, 3.8) is 0 Å². The topological polar surface area (TPSA) is 118 Å². The number of hydrazine groups is 1. The molecule has 0 radical (unpaired) electrons. The lowest BCUT2D eigenvalue weighted by Gasteiger charge is -2.28. The van der Waals surface area contributed by atoms with Crippen molar-refractivity contribution in [2.75, 3.05) is 35.9 Å². The van der Waals surface area contributed by atoms with Gasteiger partial charge in [-0.15, -0.1) is 0 Å². The predicted octanol–water partition coefficient (Wildman–Crippen LogP) is 13.0. The molecule has 60 heavy (non-hydrogen) atoms. The summed E-state index contributed by atoms with van der Waals surface area (Å²) in [6, 6.07) is 21.8. The number of nitrogens with zero attached hydrogens (tertiary/aromatic N) is 1. The monoisotopic (exact) mass is 840 g/mol. The maximum absolute atomic E-state index is 12.9. The van der Waals surface area contributed by atoms with E-state index < -0.39 is 0 Å². The van der Waals surface area contributed by atoms with E-state index >= 15 is 0 Å². The van der Waals surface area contributed by atoms with Crippen molar-refractivity contribution >= 4 is 46.9 Å². The van der Waals surface area contributed by atoms with E-state index in [4.69, 9.17) is 14.2 Å². The Hall–Kier alpha value is -4.90. The third-order valence-corrected chi connectivity index (χ3v) is 11.7. The summed E-state index contributed by atoms with van der Waals surface area (Å²) < 4.78 is 18.9. The van der Waals surface area contributed by atoms with Gasteiger partial charge in [-0.3, -0.25) is 5.43 Å². The second-order valence-corrected chi connectivity index (χ2v) is 16.7. The Labute approximate surface area is 363 Å². The van der Waals surface area contributed by atoms with Crippen LogP contribution in [0.25, 0.3) is 0 Å². The van der Waals surface area contributed by atoms with Crippen LogP contribution in [-0.2, 0) is 14.2 Å². The highest BCUT2D eigenvalue weighted by molar-refractivity contribution is 8.01. The normalized spacial score (nSPS) is 13.9. The largest absolute Gasteiger partial charge is 0.462 e. The molecule has 10 nitrogen and oxygen atoms in total. The summed E-state index contributed by atoms with van der Waals surface area (Å²) in [4.78, 5) is 38.6. The average molecular weight is 841 g/mol. The van der Waals surface area contributed by atoms with Crippen LogP contribution < -0.4 is 16.1 Å². The van der Waals surface area contributed by atoms with Gasteiger partial charge in [0.25, 0.3) is 0 Å². The summed E-state index contributed by atoms with van der Waals surface area (Å²) in [7, 11) is 0. The molecule has 4 rings (SSSR count). The molecule has 3 unspecified atom stereocenters. The second-order valence-electron chi connectivity index (χ2n) is 15.6. The lowest BCUT2D eigenvalue weighted by atomic mass is 10.0. The lowest BCUT2D eigenvalue weighted by molar-refractivity contribution is 0.0419. The quantitative estimate of drug-likeness (QED) is 0.0387. The fourth-order valence-electron chi connectivity index (χ4n) is 6.67. The summed E-state index contributed by atoms with van der Waals surface area (Å²) in [5, 5.41) is 7.74. The smallest absolute Gasteiger partial charge is 0.338 e. The predicted molar refractivity (Wildman–Crippen MR) is 247 cm³/mol. The molecule has 0 saturated carbocycles. The zero-order valence-electron chi connectivity index (χ0n) is 36.7. The minimum Gasteiger partial charge on any atom is -0.462 e. The number of benzene rings is 3. The first-order chi connectivity index (χ1) is 29.2. The van der Waals surface area contributed by atoms with Gasteiger partial charge < -0.3 is 24.8 Å². The molecule has 1 heterocycles. The SMILES string of the molecule is CCCCC(CC)COC(=O)c1ccc(NC2=CN(Nc3ccc(C(=O)OCC(CC)CCCC)cc3)SC(Nc3ccc(C(=O)OCC(CC)CCCC)cc3)=C2)cc1. The van der Waals surface area contributed by atoms with Crippen molar-refractivity contribution in [1.29, 1.82) is 0 Å². The fourth-order valence-corrected chi connectivity index (χ4v) is 7.54. The van der Waals surface area contributed by atoms with Crippen molar-refractivity contribution in [3.05, 3.63) is 112 Å². The van der Waals surface area contributed by atoms with Gasteiger partial charge >= 0.3 is 17.9 Å². The molecule has 0 spiro atoms. The standard InChI is InChI=1S/C49H68N4O6S/c1-7-13-16-36(10-4)33-57-47(54)39-19-25-42(26-20-39)50-45-31-46(51-43-27-21-40(22-28-43)48(55)58-34-37(11-5)17-14-8-2)60-53(32-45)52-44-29-23-41(24-30-44)49(56)59-35-38(12-6)18-15-9-3/h19-32,36-38,50-52H,7-18,33-35H2,1-6H3. The molecule has 1 aliphatic rings. The van der Waals surface area contributed by atoms with E-state index in [-0.39, 0.29) is 17.9 Å². The Kier molecular flexibility index (Phi) is 21.0. The molecule has 3 atom stereocenters. The highest BCUT2D eigenvalue weighted by atomic mass is 32.2. The molecular weight excluding hydrogens is 773 g/mol. The Morgan fingerprint density at radius 1 is 0.533 bits per heavy atom. The summed E-state index contributed by atoms with van der Waals surface area (Å²) in [6.45, 7) is 14.2. The minimum absolute atomic E-state index is 0.319. The molecule has 3 aromatic rings. The Morgan fingerprint density at radius 2 is 0.900 bits per heavy atom. The number of nitrogens with one attached hydrogen (secondary N) is 3. The molecule has 1 aliphatic heterocycles. The van der Waals surface area contributed by atoms with Gasteiger partial charge in [0.1, 0.15) is 0 Å². The van der Waals surface area contributed by atoms with E-state index in [1.54, 1.807) is 36.4 Å². The Morgan fingerprint density at radius 3 is 1.27 bits per heavy atom. The van der Waals surface area contributed by atoms with Crippen LogP contribution in [0.5, 0.6) is 0 Å². The first-order valence-corrected chi connectivity index (χ1v) is 23.0. The highest BCUT2D eigenvalue weighted by Crippen LogP contribution is 2.31. The molecule has 0 fully saturated rings. The van der Waals surface area contributed by atoms with Gasteiger partial charge in [-0.2, -0.15) is 0 Å². The Balaban J connectivity index is 1.45. The molecule has 326 valence electrons. The van der Waals surface area contributed by atoms with E-state index in [1.165, 1.54) is 11.9 Å². The second kappa shape index (κ2) is 26.3. The Bertz CT molecular complexity index is 1810. The summed E-state index contributed by atoms with van der Waals surface area (Å²) >= 11 is 1.43. The van der Waals surface area contributed by atoms with Gasteiger partial charge in [-0.25, -0.2) is 18.8 Å². The number of carbonyl (C=O) groups excluding carboxylic acids is 3. The van der Waals surface area contributed by atoms with Gasteiger partial charge in [0, 0.05) is 23.3 Å². The van der Waals surface area contributed by atoms with E-state index in [0.717, 1.165) is 105 Å². The minimum atomic E-state index is -0.322. The molecule has 0 amide bonds. The van der Waals surface area contributed by atoms with Crippen LogP contribution in [0.1, 0.15) is 150 Å². The van der Waals surface area contributed by atoms with E-state index in [0.29, 0.717) is 54.3 Å². The van der Waals surface area contributed by atoms with Crippen molar-refractivity contribution in [3.8, 4) is 0 Å². The van der Waals surface area contributed by atoms with Gasteiger partial charge in [-0.1, -0.05) is 99.3 Å². The van der Waals surface area contributed by atoms with Crippen LogP contribution in [0.15, 0.2) is 95.8 Å². The number of carbonyl (C=O) groups is 3. The number of unbranched alkanes of at least 4 members (excludes halogenated alkanes) is 3. The summed E-state index contributed by atoms with van der Waals surface area (Å²) in [6.07, 6.45) is 16.8. The zero-order chi connectivity index (χ0) is 43.1. The van der Waals surface area contributed by atoms with Gasteiger partial charge in [0.05, 0.1) is 59.1 Å². The number of rotatable bonds is 27. The highest BCUT2D eigenvalue weighted by Gasteiger charge is 2.18. The summed E-state index contributed by atoms with van der Waals surface area (Å²) in [5.41, 5.74) is 8.05. The van der Waals surface area contributed by atoms with Crippen LogP contribution in [0.2, 0.25) is 0 Å². The van der Waals surface area contributed by atoms with Crippen LogP contribution in [0, 0.1) is 17.8 Å². The van der Waals surface area contributed by atoms with Gasteiger partial charge in [-0.05, 0) is 116 Å². The van der Waals surface area contributed by atoms with Gasteiger partial charge in [0.2, 0.25) is 0 Å². The number of ether oxygens (including phenoxy) is 3. The maximum Gasteiger partial charge on any atom is 0.338 e. The number of hydrogen-bond acceptors (Lipinski definition) is 11. The first-order valence-electron chi connectivity index (χ1n) is 22.2. The van der Waals surface area contributed by atoms with Crippen LogP contribution in [0.4, 0.5) is 17.1 Å². The fraction of sp³-hybridized carbons (Fsp3) is 0.490. The third kappa shape index (κ3) is 16.3. The zero-order valence-corrected chi connectivity index (χ0v) is 37.5. The molecule has 11 heteroatoms.